The smallest absolute Gasteiger partial charge is 0.401 e. The minimum absolute atomic E-state index is 0.0674. The molecule has 0 spiro atoms. The van der Waals surface area contributed by atoms with E-state index in [2.05, 4.69) is 15.5 Å². The Kier molecular flexibility index (Phi) is 4.60. The topological polar surface area (TPSA) is 51.0 Å². The molecule has 1 unspecified atom stereocenters. The number of alkyl halides is 3. The zero-order chi connectivity index (χ0) is 12.2. The molecular formula is C8H12F3N3OS. The third kappa shape index (κ3) is 5.36. The number of hydrogen-bond donors (Lipinski definition) is 1. The second-order valence-corrected chi connectivity index (χ2v) is 4.65. The average Bonchev–Trinajstić information content (AvgIpc) is 2.48. The van der Waals surface area contributed by atoms with Gasteiger partial charge in [-0.2, -0.15) is 13.2 Å². The van der Waals surface area contributed by atoms with Crippen molar-refractivity contribution in [3.05, 3.63) is 5.89 Å². The van der Waals surface area contributed by atoms with Gasteiger partial charge in [-0.05, 0) is 0 Å². The molecule has 1 aromatic heterocycles. The van der Waals surface area contributed by atoms with Gasteiger partial charge >= 0.3 is 6.18 Å². The van der Waals surface area contributed by atoms with Crippen molar-refractivity contribution in [1.29, 1.82) is 0 Å². The van der Waals surface area contributed by atoms with Gasteiger partial charge in [0.1, 0.15) is 0 Å². The van der Waals surface area contributed by atoms with Crippen molar-refractivity contribution in [2.24, 2.45) is 0 Å². The van der Waals surface area contributed by atoms with Crippen LogP contribution in [0.15, 0.2) is 9.64 Å². The fourth-order valence-corrected chi connectivity index (χ4v) is 1.76. The highest BCUT2D eigenvalue weighted by Gasteiger charge is 2.26. The second kappa shape index (κ2) is 5.53. The van der Waals surface area contributed by atoms with Crippen LogP contribution in [0.3, 0.4) is 0 Å². The van der Waals surface area contributed by atoms with Crippen LogP contribution in [0.5, 0.6) is 0 Å². The van der Waals surface area contributed by atoms with Crippen LogP contribution in [0.4, 0.5) is 13.2 Å². The van der Waals surface area contributed by atoms with E-state index in [0.29, 0.717) is 11.1 Å². The number of hydrogen-bond acceptors (Lipinski definition) is 5. The molecule has 4 nitrogen and oxygen atoms in total. The van der Waals surface area contributed by atoms with Gasteiger partial charge in [0, 0.05) is 18.7 Å². The summed E-state index contributed by atoms with van der Waals surface area (Å²) in [4.78, 5) is 0. The molecule has 0 fully saturated rings. The van der Waals surface area contributed by atoms with Crippen LogP contribution >= 0.6 is 11.8 Å². The maximum absolute atomic E-state index is 11.8. The van der Waals surface area contributed by atoms with Gasteiger partial charge in [-0.1, -0.05) is 18.7 Å². The molecule has 0 radical (unpaired) electrons. The van der Waals surface area contributed by atoms with Crippen molar-refractivity contribution in [2.45, 2.75) is 30.5 Å². The molecule has 0 saturated heterocycles. The molecule has 0 saturated carbocycles. The van der Waals surface area contributed by atoms with E-state index in [9.17, 15) is 13.2 Å². The molecule has 0 aliphatic rings. The lowest BCUT2D eigenvalue weighted by Gasteiger charge is -2.11. The van der Waals surface area contributed by atoms with Gasteiger partial charge in [0.25, 0.3) is 5.22 Å². The van der Waals surface area contributed by atoms with Gasteiger partial charge in [0.2, 0.25) is 5.89 Å². The standard InChI is InChI=1S/C8H12F3N3OS/c1-5(3-12-4-8(9,10)11)16-7-14-13-6(2)15-7/h5,12H,3-4H2,1-2H3. The van der Waals surface area contributed by atoms with Gasteiger partial charge < -0.3 is 9.73 Å². The Morgan fingerprint density at radius 3 is 2.62 bits per heavy atom. The highest BCUT2D eigenvalue weighted by atomic mass is 32.2. The van der Waals surface area contributed by atoms with E-state index >= 15 is 0 Å². The minimum atomic E-state index is -4.18. The Morgan fingerprint density at radius 2 is 2.12 bits per heavy atom. The zero-order valence-electron chi connectivity index (χ0n) is 8.84. The molecule has 0 aliphatic heterocycles. The molecule has 16 heavy (non-hydrogen) atoms. The number of aromatic nitrogens is 2. The van der Waals surface area contributed by atoms with Crippen molar-refractivity contribution in [1.82, 2.24) is 15.5 Å². The Bertz CT molecular complexity index is 329. The fraction of sp³-hybridized carbons (Fsp3) is 0.750. The number of rotatable bonds is 5. The summed E-state index contributed by atoms with van der Waals surface area (Å²) < 4.78 is 40.6. The number of halogens is 3. The van der Waals surface area contributed by atoms with E-state index in [1.807, 2.05) is 0 Å². The van der Waals surface area contributed by atoms with Crippen molar-refractivity contribution >= 4 is 11.8 Å². The maximum Gasteiger partial charge on any atom is 0.401 e. The Hall–Kier alpha value is -0.760. The molecule has 0 amide bonds. The Labute approximate surface area is 95.0 Å². The van der Waals surface area contributed by atoms with Crippen LogP contribution in [0.25, 0.3) is 0 Å². The second-order valence-electron chi connectivity index (χ2n) is 3.26. The Morgan fingerprint density at radius 1 is 1.44 bits per heavy atom. The normalized spacial score (nSPS) is 14.1. The van der Waals surface area contributed by atoms with Crippen LogP contribution in [0, 0.1) is 6.92 Å². The Balaban J connectivity index is 2.23. The number of aryl methyl sites for hydroxylation is 1. The van der Waals surface area contributed by atoms with Crippen LogP contribution in [-0.2, 0) is 0 Å². The van der Waals surface area contributed by atoms with Crippen molar-refractivity contribution < 1.29 is 17.6 Å². The monoisotopic (exact) mass is 255 g/mol. The molecule has 8 heteroatoms. The predicted octanol–water partition coefficient (Wildman–Crippen LogP) is 2.01. The first-order chi connectivity index (χ1) is 7.37. The highest BCUT2D eigenvalue weighted by molar-refractivity contribution is 7.99. The SMILES string of the molecule is Cc1nnc(SC(C)CNCC(F)(F)F)o1. The van der Waals surface area contributed by atoms with Gasteiger partial charge in [-0.15, -0.1) is 10.2 Å². The van der Waals surface area contributed by atoms with Crippen LogP contribution in [0.2, 0.25) is 0 Å². The lowest BCUT2D eigenvalue weighted by atomic mass is 10.4. The zero-order valence-corrected chi connectivity index (χ0v) is 9.65. The predicted molar refractivity (Wildman–Crippen MR) is 53.3 cm³/mol. The van der Waals surface area contributed by atoms with Gasteiger partial charge in [-0.25, -0.2) is 0 Å². The summed E-state index contributed by atoms with van der Waals surface area (Å²) in [7, 11) is 0. The largest absolute Gasteiger partial charge is 0.416 e. The third-order valence-corrected chi connectivity index (χ3v) is 2.50. The lowest BCUT2D eigenvalue weighted by molar-refractivity contribution is -0.124. The minimum Gasteiger partial charge on any atom is -0.416 e. The third-order valence-electron chi connectivity index (χ3n) is 1.57. The van der Waals surface area contributed by atoms with Gasteiger partial charge in [-0.3, -0.25) is 0 Å². The molecule has 0 bridgehead atoms. The fourth-order valence-electron chi connectivity index (χ4n) is 0.957. The van der Waals surface area contributed by atoms with Crippen LogP contribution < -0.4 is 5.32 Å². The van der Waals surface area contributed by atoms with E-state index in [-0.39, 0.29) is 11.8 Å². The molecular weight excluding hydrogens is 243 g/mol. The van der Waals surface area contributed by atoms with Gasteiger partial charge in [0.15, 0.2) is 0 Å². The summed E-state index contributed by atoms with van der Waals surface area (Å²) in [5.74, 6) is 0.443. The summed E-state index contributed by atoms with van der Waals surface area (Å²) in [6.07, 6.45) is -4.18. The molecule has 0 aliphatic carbocycles. The molecule has 1 rings (SSSR count). The first kappa shape index (κ1) is 13.3. The molecule has 0 aromatic carbocycles. The van der Waals surface area contributed by atoms with Crippen LogP contribution in [-0.4, -0.2) is 34.7 Å². The number of nitrogens with zero attached hydrogens (tertiary/aromatic N) is 2. The van der Waals surface area contributed by atoms with E-state index in [4.69, 9.17) is 4.42 Å². The van der Waals surface area contributed by atoms with E-state index in [1.165, 1.54) is 11.8 Å². The van der Waals surface area contributed by atoms with Gasteiger partial charge in [0.05, 0.1) is 6.54 Å². The number of thioether (sulfide) groups is 1. The van der Waals surface area contributed by atoms with Crippen molar-refractivity contribution in [2.75, 3.05) is 13.1 Å². The summed E-state index contributed by atoms with van der Waals surface area (Å²) >= 11 is 1.24. The molecule has 1 aromatic rings. The molecule has 92 valence electrons. The van der Waals surface area contributed by atoms with E-state index < -0.39 is 12.7 Å². The lowest BCUT2D eigenvalue weighted by Crippen LogP contribution is -2.32. The first-order valence-electron chi connectivity index (χ1n) is 4.61. The maximum atomic E-state index is 11.8. The van der Waals surface area contributed by atoms with Crippen molar-refractivity contribution in [3.63, 3.8) is 0 Å². The molecule has 1 heterocycles. The van der Waals surface area contributed by atoms with E-state index in [0.717, 1.165) is 0 Å². The molecule has 1 atom stereocenters. The summed E-state index contributed by atoms with van der Waals surface area (Å²) in [5, 5.41) is 9.98. The first-order valence-corrected chi connectivity index (χ1v) is 5.49. The number of nitrogens with one attached hydrogen (secondary N) is 1. The summed E-state index contributed by atoms with van der Waals surface area (Å²) in [6, 6.07) is 0. The summed E-state index contributed by atoms with van der Waals surface area (Å²) in [6.45, 7) is 2.68. The average molecular weight is 255 g/mol. The van der Waals surface area contributed by atoms with Crippen LogP contribution in [0.1, 0.15) is 12.8 Å². The highest BCUT2D eigenvalue weighted by Crippen LogP contribution is 2.21. The quantitative estimate of drug-likeness (QED) is 0.816. The molecule has 1 N–H and O–H groups in total. The summed E-state index contributed by atoms with van der Waals surface area (Å²) in [5.41, 5.74) is 0. The van der Waals surface area contributed by atoms with E-state index in [1.54, 1.807) is 13.8 Å². The van der Waals surface area contributed by atoms with Crippen molar-refractivity contribution in [3.8, 4) is 0 Å².